The van der Waals surface area contributed by atoms with Gasteiger partial charge in [-0.05, 0) is 49.7 Å². The molecule has 9 heteroatoms. The van der Waals surface area contributed by atoms with E-state index in [1.165, 1.54) is 43.5 Å². The van der Waals surface area contributed by atoms with Gasteiger partial charge in [-0.15, -0.1) is 0 Å². The number of benzene rings is 1. The Morgan fingerprint density at radius 2 is 1.89 bits per heavy atom. The number of aryl methyl sites for hydroxylation is 2. The van der Waals surface area contributed by atoms with Crippen LogP contribution in [-0.2, 0) is 6.18 Å². The maximum Gasteiger partial charge on any atom is 0.468 e. The average Bonchev–Trinajstić information content (AvgIpc) is 2.97. The van der Waals surface area contributed by atoms with E-state index in [0.717, 1.165) is 0 Å². The molecule has 1 amide bonds. The number of carbonyl (C=O) groups excluding carboxylic acids is 1. The van der Waals surface area contributed by atoms with Gasteiger partial charge >= 0.3 is 12.1 Å². The maximum atomic E-state index is 13.1. The molecule has 0 aliphatic heterocycles. The van der Waals surface area contributed by atoms with E-state index in [1.54, 1.807) is 6.92 Å². The number of anilines is 1. The second-order valence-electron chi connectivity index (χ2n) is 5.77. The molecule has 0 spiro atoms. The Morgan fingerprint density at radius 1 is 1.15 bits per heavy atom. The number of pyridine rings is 1. The van der Waals surface area contributed by atoms with Crippen molar-refractivity contribution in [1.29, 1.82) is 0 Å². The Hall–Kier alpha value is -3.23. The fraction of sp³-hybridized carbons (Fsp3) is 0.167. The number of hydrogen-bond acceptors (Lipinski definition) is 4. The molecule has 0 unspecified atom stereocenters. The minimum atomic E-state index is -4.68. The Kier molecular flexibility index (Phi) is 4.69. The highest BCUT2D eigenvalue weighted by atomic mass is 19.4. The summed E-state index contributed by atoms with van der Waals surface area (Å²) in [6, 6.07) is 6.64. The van der Waals surface area contributed by atoms with Gasteiger partial charge in [0.2, 0.25) is 0 Å². The molecule has 0 saturated carbocycles. The van der Waals surface area contributed by atoms with Crippen LogP contribution in [0.4, 0.5) is 23.4 Å². The van der Waals surface area contributed by atoms with E-state index in [1.807, 2.05) is 0 Å². The van der Waals surface area contributed by atoms with Gasteiger partial charge in [0.1, 0.15) is 23.1 Å². The highest BCUT2D eigenvalue weighted by Gasteiger charge is 2.38. The van der Waals surface area contributed by atoms with Crippen LogP contribution in [0.25, 0.3) is 11.3 Å². The van der Waals surface area contributed by atoms with Gasteiger partial charge in [0.05, 0.1) is 0 Å². The van der Waals surface area contributed by atoms with Crippen LogP contribution in [0.1, 0.15) is 27.6 Å². The Balaban J connectivity index is 1.80. The molecule has 0 atom stereocenters. The SMILES string of the molecule is Cc1cc(F)ccc1C(=O)Nc1ccc(-c2nc(C(F)(F)F)oc2C)cn1. The lowest BCUT2D eigenvalue weighted by Gasteiger charge is -2.07. The second-order valence-corrected chi connectivity index (χ2v) is 5.77. The van der Waals surface area contributed by atoms with Crippen LogP contribution in [0.2, 0.25) is 0 Å². The molecule has 0 saturated heterocycles. The summed E-state index contributed by atoms with van der Waals surface area (Å²) >= 11 is 0. The van der Waals surface area contributed by atoms with Gasteiger partial charge in [-0.3, -0.25) is 4.79 Å². The van der Waals surface area contributed by atoms with Crippen LogP contribution in [-0.4, -0.2) is 15.9 Å². The zero-order valence-corrected chi connectivity index (χ0v) is 14.2. The van der Waals surface area contributed by atoms with Gasteiger partial charge in [-0.1, -0.05) is 0 Å². The van der Waals surface area contributed by atoms with Gasteiger partial charge in [0, 0.05) is 17.3 Å². The zero-order chi connectivity index (χ0) is 19.8. The number of oxazole rings is 1. The molecule has 3 aromatic rings. The van der Waals surface area contributed by atoms with Gasteiger partial charge in [0.15, 0.2) is 0 Å². The van der Waals surface area contributed by atoms with Crippen LogP contribution in [0.15, 0.2) is 40.9 Å². The predicted octanol–water partition coefficient (Wildman–Crippen LogP) is 4.76. The first kappa shape index (κ1) is 18.6. The van der Waals surface area contributed by atoms with Crippen molar-refractivity contribution < 1.29 is 26.8 Å². The molecular formula is C18H13F4N3O2. The van der Waals surface area contributed by atoms with Crippen molar-refractivity contribution in [2.45, 2.75) is 20.0 Å². The summed E-state index contributed by atoms with van der Waals surface area (Å²) in [6.07, 6.45) is -3.41. The summed E-state index contributed by atoms with van der Waals surface area (Å²) in [5.41, 5.74) is 1.07. The third kappa shape index (κ3) is 3.97. The minimum absolute atomic E-state index is 0.00264. The van der Waals surface area contributed by atoms with Gasteiger partial charge in [-0.2, -0.15) is 13.2 Å². The van der Waals surface area contributed by atoms with E-state index in [-0.39, 0.29) is 22.8 Å². The number of hydrogen-bond donors (Lipinski definition) is 1. The van der Waals surface area contributed by atoms with Gasteiger partial charge < -0.3 is 9.73 Å². The van der Waals surface area contributed by atoms with E-state index in [9.17, 15) is 22.4 Å². The minimum Gasteiger partial charge on any atom is -0.438 e. The van der Waals surface area contributed by atoms with Crippen molar-refractivity contribution in [3.8, 4) is 11.3 Å². The molecule has 2 aromatic heterocycles. The quantitative estimate of drug-likeness (QED) is 0.666. The molecule has 0 radical (unpaired) electrons. The number of rotatable bonds is 3. The fourth-order valence-corrected chi connectivity index (χ4v) is 2.46. The Bertz CT molecular complexity index is 995. The normalized spacial score (nSPS) is 11.5. The van der Waals surface area contributed by atoms with Crippen LogP contribution in [0.5, 0.6) is 0 Å². The summed E-state index contributed by atoms with van der Waals surface area (Å²) in [4.78, 5) is 19.7. The molecule has 3 rings (SSSR count). The molecule has 2 heterocycles. The predicted molar refractivity (Wildman–Crippen MR) is 88.6 cm³/mol. The first-order chi connectivity index (χ1) is 12.6. The highest BCUT2D eigenvalue weighted by Crippen LogP contribution is 2.33. The van der Waals surface area contributed by atoms with Crippen LogP contribution < -0.4 is 5.32 Å². The molecule has 1 N–H and O–H groups in total. The standard InChI is InChI=1S/C18H13F4N3O2/c1-9-7-12(19)4-5-13(9)16(26)24-14-6-3-11(8-23-14)15-10(2)27-17(25-15)18(20,21)22/h3-8H,1-2H3,(H,23,24,26). The van der Waals surface area contributed by atoms with E-state index in [0.29, 0.717) is 11.1 Å². The Labute approximate surface area is 151 Å². The molecule has 0 bridgehead atoms. The molecule has 0 fully saturated rings. The van der Waals surface area contributed by atoms with Crippen molar-refractivity contribution in [3.05, 3.63) is 65.1 Å². The first-order valence-corrected chi connectivity index (χ1v) is 7.73. The second kappa shape index (κ2) is 6.82. The lowest BCUT2D eigenvalue weighted by molar-refractivity contribution is -0.157. The largest absolute Gasteiger partial charge is 0.468 e. The van der Waals surface area contributed by atoms with Crippen molar-refractivity contribution >= 4 is 11.7 Å². The molecule has 140 valence electrons. The van der Waals surface area contributed by atoms with E-state index in [2.05, 4.69) is 19.7 Å². The highest BCUT2D eigenvalue weighted by molar-refractivity contribution is 6.04. The van der Waals surface area contributed by atoms with Crippen LogP contribution >= 0.6 is 0 Å². The van der Waals surface area contributed by atoms with Crippen molar-refractivity contribution in [3.63, 3.8) is 0 Å². The van der Waals surface area contributed by atoms with Crippen molar-refractivity contribution in [2.75, 3.05) is 5.32 Å². The molecule has 0 aliphatic rings. The summed E-state index contributed by atoms with van der Waals surface area (Å²) in [5.74, 6) is -2.08. The van der Waals surface area contributed by atoms with Crippen molar-refractivity contribution in [1.82, 2.24) is 9.97 Å². The number of carbonyl (C=O) groups is 1. The Morgan fingerprint density at radius 3 is 2.44 bits per heavy atom. The zero-order valence-electron chi connectivity index (χ0n) is 14.2. The summed E-state index contributed by atoms with van der Waals surface area (Å²) in [7, 11) is 0. The van der Waals surface area contributed by atoms with Crippen molar-refractivity contribution in [2.24, 2.45) is 0 Å². The lowest BCUT2D eigenvalue weighted by atomic mass is 10.1. The van der Waals surface area contributed by atoms with E-state index >= 15 is 0 Å². The summed E-state index contributed by atoms with van der Waals surface area (Å²) in [5, 5.41) is 2.54. The number of halogens is 4. The molecule has 5 nitrogen and oxygen atoms in total. The van der Waals surface area contributed by atoms with Gasteiger partial charge in [0.25, 0.3) is 5.91 Å². The van der Waals surface area contributed by atoms with Crippen LogP contribution in [0.3, 0.4) is 0 Å². The first-order valence-electron chi connectivity index (χ1n) is 7.73. The number of nitrogens with zero attached hydrogens (tertiary/aromatic N) is 2. The monoisotopic (exact) mass is 379 g/mol. The fourth-order valence-electron chi connectivity index (χ4n) is 2.46. The van der Waals surface area contributed by atoms with E-state index in [4.69, 9.17) is 0 Å². The molecular weight excluding hydrogens is 366 g/mol. The average molecular weight is 379 g/mol. The summed E-state index contributed by atoms with van der Waals surface area (Å²) in [6.45, 7) is 2.96. The van der Waals surface area contributed by atoms with Crippen LogP contribution in [0, 0.1) is 19.7 Å². The topological polar surface area (TPSA) is 68.0 Å². The summed E-state index contributed by atoms with van der Waals surface area (Å²) < 4.78 is 55.8. The number of amides is 1. The smallest absolute Gasteiger partial charge is 0.438 e. The number of aromatic nitrogens is 2. The third-order valence-electron chi connectivity index (χ3n) is 3.75. The molecule has 1 aromatic carbocycles. The number of nitrogens with one attached hydrogen (secondary N) is 1. The maximum absolute atomic E-state index is 13.1. The van der Waals surface area contributed by atoms with Gasteiger partial charge in [-0.25, -0.2) is 14.4 Å². The molecule has 27 heavy (non-hydrogen) atoms. The molecule has 0 aliphatic carbocycles. The lowest BCUT2D eigenvalue weighted by Crippen LogP contribution is -2.14. The number of alkyl halides is 3. The van der Waals surface area contributed by atoms with E-state index < -0.39 is 23.8 Å². The third-order valence-corrected chi connectivity index (χ3v) is 3.75.